The van der Waals surface area contributed by atoms with Crippen molar-refractivity contribution < 1.29 is 14.3 Å². The SMILES string of the molecule is CSc1ccc(CNC(=O)c2ccc3c(c2)OCCCN3c2cccc3c2CCO3)cc1. The molecule has 2 heterocycles. The van der Waals surface area contributed by atoms with Crippen LogP contribution >= 0.6 is 11.8 Å². The van der Waals surface area contributed by atoms with E-state index < -0.39 is 0 Å². The summed E-state index contributed by atoms with van der Waals surface area (Å²) in [4.78, 5) is 16.3. The van der Waals surface area contributed by atoms with Crippen LogP contribution in [0.1, 0.15) is 27.9 Å². The Kier molecular flexibility index (Phi) is 5.95. The minimum atomic E-state index is -0.102. The Hall–Kier alpha value is -3.12. The zero-order chi connectivity index (χ0) is 21.9. The highest BCUT2D eigenvalue weighted by atomic mass is 32.2. The van der Waals surface area contributed by atoms with Crippen LogP contribution in [0.3, 0.4) is 0 Å². The maximum Gasteiger partial charge on any atom is 0.251 e. The molecule has 0 spiro atoms. The molecular weight excluding hydrogens is 420 g/mol. The fourth-order valence-corrected chi connectivity index (χ4v) is 4.66. The molecule has 0 atom stereocenters. The lowest BCUT2D eigenvalue weighted by molar-refractivity contribution is 0.0950. The van der Waals surface area contributed by atoms with Crippen molar-refractivity contribution in [2.75, 3.05) is 30.9 Å². The second-order valence-corrected chi connectivity index (χ2v) is 8.80. The highest BCUT2D eigenvalue weighted by Crippen LogP contribution is 2.41. The molecule has 0 saturated carbocycles. The Labute approximate surface area is 192 Å². The molecule has 1 amide bonds. The van der Waals surface area contributed by atoms with Crippen LogP contribution in [0, 0.1) is 0 Å². The monoisotopic (exact) mass is 446 g/mol. The van der Waals surface area contributed by atoms with Crippen molar-refractivity contribution in [2.45, 2.75) is 24.3 Å². The Morgan fingerprint density at radius 3 is 2.69 bits per heavy atom. The normalized spacial score (nSPS) is 14.6. The van der Waals surface area contributed by atoms with Gasteiger partial charge in [0.2, 0.25) is 0 Å². The molecule has 0 aromatic heterocycles. The van der Waals surface area contributed by atoms with E-state index in [0.717, 1.165) is 54.4 Å². The fraction of sp³-hybridized carbons (Fsp3) is 0.269. The first-order valence-corrected chi connectivity index (χ1v) is 12.2. The molecule has 0 unspecified atom stereocenters. The van der Waals surface area contributed by atoms with E-state index in [4.69, 9.17) is 9.47 Å². The van der Waals surface area contributed by atoms with E-state index in [9.17, 15) is 4.79 Å². The maximum atomic E-state index is 12.8. The van der Waals surface area contributed by atoms with Gasteiger partial charge in [-0.05, 0) is 60.7 Å². The van der Waals surface area contributed by atoms with Crippen LogP contribution in [0.5, 0.6) is 11.5 Å². The molecule has 5 rings (SSSR count). The molecule has 0 saturated heterocycles. The van der Waals surface area contributed by atoms with E-state index >= 15 is 0 Å². The first kappa shape index (κ1) is 20.8. The quantitative estimate of drug-likeness (QED) is 0.547. The molecule has 2 aliphatic rings. The van der Waals surface area contributed by atoms with Crippen molar-refractivity contribution >= 4 is 29.0 Å². The Morgan fingerprint density at radius 2 is 1.84 bits per heavy atom. The zero-order valence-electron chi connectivity index (χ0n) is 18.1. The van der Waals surface area contributed by atoms with Crippen molar-refractivity contribution in [1.29, 1.82) is 0 Å². The number of anilines is 2. The fourth-order valence-electron chi connectivity index (χ4n) is 4.25. The second kappa shape index (κ2) is 9.17. The number of amides is 1. The predicted octanol–water partition coefficient (Wildman–Crippen LogP) is 5.19. The topological polar surface area (TPSA) is 50.8 Å². The smallest absolute Gasteiger partial charge is 0.251 e. The van der Waals surface area contributed by atoms with E-state index in [0.29, 0.717) is 18.7 Å². The third-order valence-electron chi connectivity index (χ3n) is 5.92. The molecule has 5 nitrogen and oxygen atoms in total. The van der Waals surface area contributed by atoms with E-state index in [-0.39, 0.29) is 5.91 Å². The molecule has 0 fully saturated rings. The van der Waals surface area contributed by atoms with Gasteiger partial charge in [0.1, 0.15) is 11.5 Å². The Bertz CT molecular complexity index is 1130. The molecule has 6 heteroatoms. The number of nitrogens with zero attached hydrogens (tertiary/aromatic N) is 1. The van der Waals surface area contributed by atoms with Crippen LogP contribution in [-0.4, -0.2) is 31.9 Å². The predicted molar refractivity (Wildman–Crippen MR) is 129 cm³/mol. The third kappa shape index (κ3) is 4.15. The number of fused-ring (bicyclic) bond motifs is 2. The summed E-state index contributed by atoms with van der Waals surface area (Å²) in [6.07, 6.45) is 3.88. The lowest BCUT2D eigenvalue weighted by Crippen LogP contribution is -2.23. The van der Waals surface area contributed by atoms with Crippen LogP contribution < -0.4 is 19.7 Å². The van der Waals surface area contributed by atoms with Gasteiger partial charge in [-0.2, -0.15) is 0 Å². The van der Waals surface area contributed by atoms with Gasteiger partial charge in [0, 0.05) is 41.2 Å². The summed E-state index contributed by atoms with van der Waals surface area (Å²) in [5.41, 5.74) is 5.08. The van der Waals surface area contributed by atoms with Crippen molar-refractivity contribution in [3.8, 4) is 11.5 Å². The lowest BCUT2D eigenvalue weighted by Gasteiger charge is -2.26. The van der Waals surface area contributed by atoms with Gasteiger partial charge in [-0.25, -0.2) is 0 Å². The van der Waals surface area contributed by atoms with Gasteiger partial charge in [0.05, 0.1) is 18.9 Å². The number of thioether (sulfide) groups is 1. The largest absolute Gasteiger partial charge is 0.493 e. The molecule has 0 aliphatic carbocycles. The summed E-state index contributed by atoms with van der Waals surface area (Å²) in [6.45, 7) is 2.71. The number of ether oxygens (including phenoxy) is 2. The maximum absolute atomic E-state index is 12.8. The summed E-state index contributed by atoms with van der Waals surface area (Å²) in [5.74, 6) is 1.61. The van der Waals surface area contributed by atoms with Gasteiger partial charge < -0.3 is 19.7 Å². The molecule has 0 radical (unpaired) electrons. The third-order valence-corrected chi connectivity index (χ3v) is 6.66. The summed E-state index contributed by atoms with van der Waals surface area (Å²) < 4.78 is 11.8. The summed E-state index contributed by atoms with van der Waals surface area (Å²) in [5, 5.41) is 3.02. The average Bonchev–Trinajstić information content (AvgIpc) is 3.23. The first-order valence-electron chi connectivity index (χ1n) is 10.9. The number of hydrogen-bond donors (Lipinski definition) is 1. The van der Waals surface area contributed by atoms with E-state index in [1.54, 1.807) is 11.8 Å². The molecule has 0 bridgehead atoms. The minimum absolute atomic E-state index is 0.102. The van der Waals surface area contributed by atoms with Crippen molar-refractivity contribution in [3.63, 3.8) is 0 Å². The van der Waals surface area contributed by atoms with Gasteiger partial charge in [0.15, 0.2) is 0 Å². The van der Waals surface area contributed by atoms with Crippen LogP contribution in [0.15, 0.2) is 65.6 Å². The zero-order valence-corrected chi connectivity index (χ0v) is 18.9. The van der Waals surface area contributed by atoms with Crippen LogP contribution in [0.2, 0.25) is 0 Å². The molecule has 1 N–H and O–H groups in total. The highest BCUT2D eigenvalue weighted by molar-refractivity contribution is 7.98. The summed E-state index contributed by atoms with van der Waals surface area (Å²) in [7, 11) is 0. The van der Waals surface area contributed by atoms with Crippen LogP contribution in [-0.2, 0) is 13.0 Å². The van der Waals surface area contributed by atoms with Gasteiger partial charge >= 0.3 is 0 Å². The van der Waals surface area contributed by atoms with Crippen LogP contribution in [0.4, 0.5) is 11.4 Å². The first-order chi connectivity index (χ1) is 15.7. The van der Waals surface area contributed by atoms with E-state index in [1.807, 2.05) is 42.5 Å². The molecule has 3 aromatic rings. The second-order valence-electron chi connectivity index (χ2n) is 7.92. The number of nitrogens with one attached hydrogen (secondary N) is 1. The van der Waals surface area contributed by atoms with Gasteiger partial charge in [0.25, 0.3) is 5.91 Å². The van der Waals surface area contributed by atoms with Gasteiger partial charge in [-0.15, -0.1) is 11.8 Å². The lowest BCUT2D eigenvalue weighted by atomic mass is 10.1. The number of rotatable bonds is 5. The number of hydrogen-bond acceptors (Lipinski definition) is 5. The van der Waals surface area contributed by atoms with Crippen molar-refractivity contribution in [2.24, 2.45) is 0 Å². The van der Waals surface area contributed by atoms with E-state index in [1.165, 1.54) is 10.5 Å². The van der Waals surface area contributed by atoms with Crippen molar-refractivity contribution in [1.82, 2.24) is 5.32 Å². The van der Waals surface area contributed by atoms with Crippen molar-refractivity contribution in [3.05, 3.63) is 77.4 Å². The minimum Gasteiger partial charge on any atom is -0.493 e. The molecule has 32 heavy (non-hydrogen) atoms. The number of carbonyl (C=O) groups excluding carboxylic acids is 1. The molecule has 164 valence electrons. The number of benzene rings is 3. The molecule has 2 aliphatic heterocycles. The Morgan fingerprint density at radius 1 is 1.00 bits per heavy atom. The van der Waals surface area contributed by atoms with Crippen LogP contribution in [0.25, 0.3) is 0 Å². The van der Waals surface area contributed by atoms with Gasteiger partial charge in [-0.1, -0.05) is 18.2 Å². The van der Waals surface area contributed by atoms with Gasteiger partial charge in [-0.3, -0.25) is 4.79 Å². The number of carbonyl (C=O) groups is 1. The summed E-state index contributed by atoms with van der Waals surface area (Å²) in [6, 6.07) is 20.2. The standard InChI is InChI=1S/C26H26N2O3S/c1-32-20-9-6-18(7-10-20)17-27-26(29)19-8-11-23-25(16-19)30-14-3-13-28(23)22-4-2-5-24-21(22)12-15-31-24/h2,4-11,16H,3,12-15,17H2,1H3,(H,27,29). The molecular formula is C26H26N2O3S. The van der Waals surface area contributed by atoms with E-state index in [2.05, 4.69) is 34.7 Å². The Balaban J connectivity index is 1.36. The average molecular weight is 447 g/mol. The summed E-state index contributed by atoms with van der Waals surface area (Å²) >= 11 is 1.71. The highest BCUT2D eigenvalue weighted by Gasteiger charge is 2.25. The molecule has 3 aromatic carbocycles.